The lowest BCUT2D eigenvalue weighted by Gasteiger charge is -2.20. The number of aromatic nitrogens is 2. The van der Waals surface area contributed by atoms with E-state index in [0.29, 0.717) is 0 Å². The largest absolute Gasteiger partial charge is 0.350 e. The van der Waals surface area contributed by atoms with Crippen LogP contribution in [-0.4, -0.2) is 29.5 Å². The van der Waals surface area contributed by atoms with Crippen molar-refractivity contribution in [2.24, 2.45) is 0 Å². The standard InChI is InChI=1S/C24H24N4OS/c1-15-8-10-18(11-9-15)19-13-30-24-21(19)23(25-14-26-24)28(4)12-20(29)27-22-16(2)6-5-7-17(22)3/h5-11,13-14H,12H2,1-4H3,(H,27,29). The lowest BCUT2D eigenvalue weighted by atomic mass is 10.0. The third-order valence-electron chi connectivity index (χ3n) is 5.20. The predicted octanol–water partition coefficient (Wildman–Crippen LogP) is 5.36. The third kappa shape index (κ3) is 3.91. The molecule has 1 amide bonds. The first kappa shape index (κ1) is 20.0. The molecule has 152 valence electrons. The minimum absolute atomic E-state index is 0.0752. The number of hydrogen-bond acceptors (Lipinski definition) is 5. The Hall–Kier alpha value is -3.25. The summed E-state index contributed by atoms with van der Waals surface area (Å²) < 4.78 is 0. The number of anilines is 2. The van der Waals surface area contributed by atoms with E-state index < -0.39 is 0 Å². The van der Waals surface area contributed by atoms with Crippen LogP contribution in [0.15, 0.2) is 54.2 Å². The second-order valence-electron chi connectivity index (χ2n) is 7.56. The molecule has 2 aromatic carbocycles. The molecule has 0 spiro atoms. The third-order valence-corrected chi connectivity index (χ3v) is 6.09. The Bertz CT molecular complexity index is 1190. The molecule has 4 rings (SSSR count). The normalized spacial score (nSPS) is 10.9. The van der Waals surface area contributed by atoms with Crippen LogP contribution >= 0.6 is 11.3 Å². The predicted molar refractivity (Wildman–Crippen MR) is 125 cm³/mol. The fourth-order valence-corrected chi connectivity index (χ4v) is 4.49. The Morgan fingerprint density at radius 3 is 2.43 bits per heavy atom. The van der Waals surface area contributed by atoms with E-state index in [9.17, 15) is 4.79 Å². The molecule has 4 aromatic rings. The molecule has 2 aromatic heterocycles. The first-order valence-corrected chi connectivity index (χ1v) is 10.7. The lowest BCUT2D eigenvalue weighted by molar-refractivity contribution is -0.114. The number of nitrogens with one attached hydrogen (secondary N) is 1. The number of nitrogens with zero attached hydrogens (tertiary/aromatic N) is 3. The van der Waals surface area contributed by atoms with Gasteiger partial charge in [-0.25, -0.2) is 9.97 Å². The first-order chi connectivity index (χ1) is 14.4. The molecule has 30 heavy (non-hydrogen) atoms. The number of aryl methyl sites for hydroxylation is 3. The van der Waals surface area contributed by atoms with Crippen molar-refractivity contribution in [1.82, 2.24) is 9.97 Å². The van der Waals surface area contributed by atoms with E-state index in [1.807, 2.05) is 44.0 Å². The summed E-state index contributed by atoms with van der Waals surface area (Å²) in [4.78, 5) is 24.5. The van der Waals surface area contributed by atoms with Gasteiger partial charge in [0.25, 0.3) is 0 Å². The average Bonchev–Trinajstić information content (AvgIpc) is 3.15. The molecule has 6 heteroatoms. The van der Waals surface area contributed by atoms with Gasteiger partial charge in [0, 0.05) is 23.7 Å². The molecule has 0 saturated heterocycles. The number of likely N-dealkylation sites (N-methyl/N-ethyl adjacent to an activating group) is 1. The van der Waals surface area contributed by atoms with Crippen molar-refractivity contribution in [3.63, 3.8) is 0 Å². The van der Waals surface area contributed by atoms with E-state index in [2.05, 4.69) is 51.9 Å². The molecular formula is C24H24N4OS. The second kappa shape index (κ2) is 8.24. The van der Waals surface area contributed by atoms with Crippen LogP contribution in [0.4, 0.5) is 11.5 Å². The number of rotatable bonds is 5. The number of carbonyl (C=O) groups is 1. The van der Waals surface area contributed by atoms with Crippen molar-refractivity contribution in [1.29, 1.82) is 0 Å². The number of amides is 1. The van der Waals surface area contributed by atoms with Crippen LogP contribution in [0.5, 0.6) is 0 Å². The van der Waals surface area contributed by atoms with Crippen LogP contribution in [0, 0.1) is 20.8 Å². The van der Waals surface area contributed by atoms with Crippen LogP contribution in [-0.2, 0) is 4.79 Å². The van der Waals surface area contributed by atoms with Gasteiger partial charge in [0.1, 0.15) is 17.0 Å². The molecule has 5 nitrogen and oxygen atoms in total. The fraction of sp³-hybridized carbons (Fsp3) is 0.208. The maximum atomic E-state index is 12.8. The topological polar surface area (TPSA) is 58.1 Å². The minimum atomic E-state index is -0.0752. The Labute approximate surface area is 180 Å². The van der Waals surface area contributed by atoms with Gasteiger partial charge in [-0.05, 0) is 37.5 Å². The molecular weight excluding hydrogens is 392 g/mol. The number of thiophene rings is 1. The highest BCUT2D eigenvalue weighted by Crippen LogP contribution is 2.37. The summed E-state index contributed by atoms with van der Waals surface area (Å²) in [5, 5.41) is 6.14. The Balaban J connectivity index is 1.63. The van der Waals surface area contributed by atoms with E-state index in [1.54, 1.807) is 17.7 Å². The Morgan fingerprint density at radius 1 is 1.03 bits per heavy atom. The number of carbonyl (C=O) groups excluding carboxylic acids is 1. The van der Waals surface area contributed by atoms with Crippen molar-refractivity contribution in [2.45, 2.75) is 20.8 Å². The van der Waals surface area contributed by atoms with Gasteiger partial charge >= 0.3 is 0 Å². The van der Waals surface area contributed by atoms with Crippen molar-refractivity contribution in [2.75, 3.05) is 23.8 Å². The van der Waals surface area contributed by atoms with Crippen LogP contribution in [0.25, 0.3) is 21.3 Å². The number of para-hydroxylation sites is 1. The zero-order chi connectivity index (χ0) is 21.3. The SMILES string of the molecule is Cc1ccc(-c2csc3ncnc(N(C)CC(=O)Nc4c(C)cccc4C)c23)cc1. The van der Waals surface area contributed by atoms with Gasteiger partial charge in [0.2, 0.25) is 5.91 Å². The summed E-state index contributed by atoms with van der Waals surface area (Å²) in [6, 6.07) is 14.4. The van der Waals surface area contributed by atoms with Gasteiger partial charge in [-0.15, -0.1) is 11.3 Å². The fourth-order valence-electron chi connectivity index (χ4n) is 3.58. The summed E-state index contributed by atoms with van der Waals surface area (Å²) in [5.41, 5.74) is 6.41. The smallest absolute Gasteiger partial charge is 0.243 e. The van der Waals surface area contributed by atoms with Gasteiger partial charge < -0.3 is 10.2 Å². The average molecular weight is 417 g/mol. The molecule has 0 bridgehead atoms. The van der Waals surface area contributed by atoms with E-state index in [0.717, 1.165) is 44.0 Å². The van der Waals surface area contributed by atoms with Crippen molar-refractivity contribution < 1.29 is 4.79 Å². The number of fused-ring (bicyclic) bond motifs is 1. The highest BCUT2D eigenvalue weighted by molar-refractivity contribution is 7.17. The van der Waals surface area contributed by atoms with Crippen LogP contribution in [0.2, 0.25) is 0 Å². The van der Waals surface area contributed by atoms with E-state index in [1.165, 1.54) is 5.56 Å². The van der Waals surface area contributed by atoms with Crippen LogP contribution < -0.4 is 10.2 Å². The summed E-state index contributed by atoms with van der Waals surface area (Å²) in [7, 11) is 1.89. The van der Waals surface area contributed by atoms with Gasteiger partial charge in [-0.1, -0.05) is 48.0 Å². The molecule has 2 heterocycles. The maximum absolute atomic E-state index is 12.8. The van der Waals surface area contributed by atoms with Crippen LogP contribution in [0.1, 0.15) is 16.7 Å². The van der Waals surface area contributed by atoms with Crippen LogP contribution in [0.3, 0.4) is 0 Å². The van der Waals surface area contributed by atoms with E-state index in [-0.39, 0.29) is 12.5 Å². The second-order valence-corrected chi connectivity index (χ2v) is 8.42. The van der Waals surface area contributed by atoms with E-state index in [4.69, 9.17) is 0 Å². The Kier molecular flexibility index (Phi) is 5.50. The van der Waals surface area contributed by atoms with Crippen molar-refractivity contribution in [3.8, 4) is 11.1 Å². The molecule has 0 aliphatic rings. The number of benzene rings is 2. The Morgan fingerprint density at radius 2 is 1.73 bits per heavy atom. The van der Waals surface area contributed by atoms with Gasteiger partial charge in [0.05, 0.1) is 11.9 Å². The quantitative estimate of drug-likeness (QED) is 0.476. The summed E-state index contributed by atoms with van der Waals surface area (Å²) in [6.07, 6.45) is 1.56. The molecule has 1 N–H and O–H groups in total. The molecule has 0 radical (unpaired) electrons. The first-order valence-electron chi connectivity index (χ1n) is 9.80. The zero-order valence-electron chi connectivity index (χ0n) is 17.6. The van der Waals surface area contributed by atoms with Crippen molar-refractivity contribution >= 4 is 39.0 Å². The summed E-state index contributed by atoms with van der Waals surface area (Å²) >= 11 is 1.59. The summed E-state index contributed by atoms with van der Waals surface area (Å²) in [6.45, 7) is 6.27. The zero-order valence-corrected chi connectivity index (χ0v) is 18.4. The molecule has 0 fully saturated rings. The molecule has 0 unspecified atom stereocenters. The molecule has 0 aliphatic heterocycles. The molecule has 0 aliphatic carbocycles. The minimum Gasteiger partial charge on any atom is -0.350 e. The van der Waals surface area contributed by atoms with Gasteiger partial charge in [-0.2, -0.15) is 0 Å². The molecule has 0 saturated carbocycles. The van der Waals surface area contributed by atoms with Gasteiger partial charge in [0.15, 0.2) is 0 Å². The van der Waals surface area contributed by atoms with Gasteiger partial charge in [-0.3, -0.25) is 4.79 Å². The lowest BCUT2D eigenvalue weighted by Crippen LogP contribution is -2.31. The maximum Gasteiger partial charge on any atom is 0.243 e. The summed E-state index contributed by atoms with van der Waals surface area (Å²) in [5.74, 6) is 0.683. The highest BCUT2D eigenvalue weighted by atomic mass is 32.1. The van der Waals surface area contributed by atoms with E-state index >= 15 is 0 Å². The highest BCUT2D eigenvalue weighted by Gasteiger charge is 2.18. The van der Waals surface area contributed by atoms with Crippen molar-refractivity contribution in [3.05, 3.63) is 70.9 Å². The number of hydrogen-bond donors (Lipinski definition) is 1. The molecule has 0 atom stereocenters. The monoisotopic (exact) mass is 416 g/mol.